The van der Waals surface area contributed by atoms with Crippen LogP contribution in [0.5, 0.6) is 11.5 Å². The van der Waals surface area contributed by atoms with Gasteiger partial charge in [-0.05, 0) is 69.0 Å². The third-order valence-corrected chi connectivity index (χ3v) is 6.25. The molecule has 2 N–H and O–H groups in total. The van der Waals surface area contributed by atoms with E-state index < -0.39 is 12.1 Å². The van der Waals surface area contributed by atoms with Crippen molar-refractivity contribution in [3.63, 3.8) is 0 Å². The quantitative estimate of drug-likeness (QED) is 0.225. The molecule has 2 rings (SSSR count). The van der Waals surface area contributed by atoms with Crippen LogP contribution in [0.2, 0.25) is 10.0 Å². The van der Waals surface area contributed by atoms with E-state index in [9.17, 15) is 14.7 Å². The van der Waals surface area contributed by atoms with E-state index in [1.807, 2.05) is 26.0 Å². The van der Waals surface area contributed by atoms with Crippen LogP contribution >= 0.6 is 23.2 Å². The van der Waals surface area contributed by atoms with Gasteiger partial charge in [-0.3, -0.25) is 0 Å². The third-order valence-electron chi connectivity index (χ3n) is 5.81. The normalized spacial score (nSPS) is 12.4. The van der Waals surface area contributed by atoms with Crippen molar-refractivity contribution in [3.05, 3.63) is 58.1 Å². The van der Waals surface area contributed by atoms with Gasteiger partial charge in [0.05, 0.1) is 13.2 Å². The molecule has 2 amide bonds. The molecule has 0 saturated carbocycles. The van der Waals surface area contributed by atoms with Crippen LogP contribution in [0.3, 0.4) is 0 Å². The number of ether oxygens (including phenoxy) is 3. The van der Waals surface area contributed by atoms with Gasteiger partial charge < -0.3 is 29.5 Å². The van der Waals surface area contributed by atoms with E-state index in [0.717, 1.165) is 24.8 Å². The van der Waals surface area contributed by atoms with Gasteiger partial charge in [0.25, 0.3) is 0 Å². The van der Waals surface area contributed by atoms with E-state index in [0.29, 0.717) is 54.5 Å². The number of carbonyl (C=O) groups excluding carboxylic acids is 1. The van der Waals surface area contributed by atoms with Gasteiger partial charge >= 0.3 is 12.0 Å². The maximum atomic E-state index is 12.8. The van der Waals surface area contributed by atoms with Gasteiger partial charge in [0.1, 0.15) is 18.1 Å². The smallest absolute Gasteiger partial charge is 0.333 e. The summed E-state index contributed by atoms with van der Waals surface area (Å²) in [6.07, 6.45) is 1.74. The number of benzene rings is 2. The highest BCUT2D eigenvalue weighted by Gasteiger charge is 2.18. The highest BCUT2D eigenvalue weighted by atomic mass is 35.5. The van der Waals surface area contributed by atoms with Gasteiger partial charge in [0.2, 0.25) is 0 Å². The van der Waals surface area contributed by atoms with Gasteiger partial charge in [-0.15, -0.1) is 0 Å². The van der Waals surface area contributed by atoms with Crippen LogP contribution < -0.4 is 14.8 Å². The molecule has 0 aliphatic heterocycles. The maximum Gasteiger partial charge on any atom is 0.333 e. The summed E-state index contributed by atoms with van der Waals surface area (Å²) in [5, 5.41) is 13.3. The molecule has 2 aromatic carbocycles. The summed E-state index contributed by atoms with van der Waals surface area (Å²) in [6, 6.07) is 12.3. The van der Waals surface area contributed by atoms with Crippen molar-refractivity contribution in [1.82, 2.24) is 10.2 Å². The van der Waals surface area contributed by atoms with E-state index in [2.05, 4.69) is 5.32 Å². The van der Waals surface area contributed by atoms with E-state index >= 15 is 0 Å². The number of carbonyl (C=O) groups is 2. The molecule has 38 heavy (non-hydrogen) atoms. The fraction of sp³-hybridized carbons (Fsp3) is 0.500. The molecule has 0 saturated heterocycles. The van der Waals surface area contributed by atoms with Gasteiger partial charge in [-0.25, -0.2) is 9.59 Å². The molecule has 2 unspecified atom stereocenters. The predicted octanol–water partition coefficient (Wildman–Crippen LogP) is 6.07. The molecule has 2 aromatic rings. The Hall–Kier alpha value is -2.68. The van der Waals surface area contributed by atoms with Crippen LogP contribution in [0.1, 0.15) is 45.6 Å². The first-order chi connectivity index (χ1) is 18.2. The van der Waals surface area contributed by atoms with E-state index in [1.54, 1.807) is 42.2 Å². The van der Waals surface area contributed by atoms with Gasteiger partial charge in [0.15, 0.2) is 6.10 Å². The molecule has 0 bridgehead atoms. The SMILES string of the molecule is CCOC(Cc1ccc(OCCN(CCCCOc2cc(Cl)cc(Cl)c2)C(=O)NC(C)CC)cc1)C(=O)O. The second-order valence-corrected chi connectivity index (χ2v) is 9.76. The minimum atomic E-state index is -0.983. The highest BCUT2D eigenvalue weighted by Crippen LogP contribution is 2.24. The molecule has 0 fully saturated rings. The largest absolute Gasteiger partial charge is 0.493 e. The zero-order chi connectivity index (χ0) is 27.9. The maximum absolute atomic E-state index is 12.8. The zero-order valence-corrected chi connectivity index (χ0v) is 23.8. The summed E-state index contributed by atoms with van der Waals surface area (Å²) in [4.78, 5) is 25.9. The number of nitrogens with zero attached hydrogens (tertiary/aromatic N) is 1. The van der Waals surface area contributed by atoms with Crippen LogP contribution in [0, 0.1) is 0 Å². The van der Waals surface area contributed by atoms with Crippen LogP contribution in [0.25, 0.3) is 0 Å². The van der Waals surface area contributed by atoms with Crippen molar-refractivity contribution >= 4 is 35.2 Å². The second kappa shape index (κ2) is 17.0. The summed E-state index contributed by atoms with van der Waals surface area (Å²) in [6.45, 7) is 7.87. The van der Waals surface area contributed by atoms with Crippen molar-refractivity contribution in [2.75, 3.05) is 32.9 Å². The standard InChI is InChI=1S/C28H38Cl2N2O6/c1-4-20(3)31-28(35)32(12-6-7-14-37-25-18-22(29)17-23(30)19-25)13-15-38-24-10-8-21(9-11-24)16-26(27(33)34)36-5-2/h8-11,17-20,26H,4-7,12-16H2,1-3H3,(H,31,35)(H,33,34). The summed E-state index contributed by atoms with van der Waals surface area (Å²) in [5.41, 5.74) is 0.843. The molecule has 2 atom stereocenters. The average molecular weight is 570 g/mol. The average Bonchev–Trinajstić information content (AvgIpc) is 2.87. The van der Waals surface area contributed by atoms with Gasteiger partial charge in [-0.2, -0.15) is 0 Å². The highest BCUT2D eigenvalue weighted by molar-refractivity contribution is 6.34. The first-order valence-corrected chi connectivity index (χ1v) is 13.7. The number of urea groups is 1. The van der Waals surface area contributed by atoms with Crippen LogP contribution in [0.4, 0.5) is 4.79 Å². The lowest BCUT2D eigenvalue weighted by molar-refractivity contribution is -0.149. The number of rotatable bonds is 17. The second-order valence-electron chi connectivity index (χ2n) is 8.89. The first kappa shape index (κ1) is 31.5. The summed E-state index contributed by atoms with van der Waals surface area (Å²) in [5.74, 6) is 0.279. The summed E-state index contributed by atoms with van der Waals surface area (Å²) in [7, 11) is 0. The molecular weight excluding hydrogens is 531 g/mol. The molecule has 8 nitrogen and oxygen atoms in total. The monoisotopic (exact) mass is 568 g/mol. The molecule has 0 heterocycles. The molecular formula is C28H38Cl2N2O6. The molecule has 0 aromatic heterocycles. The van der Waals surface area contributed by atoms with Gasteiger partial charge in [-0.1, -0.05) is 42.3 Å². The minimum Gasteiger partial charge on any atom is -0.493 e. The first-order valence-electron chi connectivity index (χ1n) is 12.9. The fourth-order valence-electron chi connectivity index (χ4n) is 3.55. The number of hydrogen-bond donors (Lipinski definition) is 2. The van der Waals surface area contributed by atoms with Gasteiger partial charge in [0, 0.05) is 35.7 Å². The van der Waals surface area contributed by atoms with Crippen molar-refractivity contribution in [3.8, 4) is 11.5 Å². The summed E-state index contributed by atoms with van der Waals surface area (Å²) >= 11 is 12.0. The Kier molecular flexibility index (Phi) is 14.1. The minimum absolute atomic E-state index is 0.0701. The fourth-order valence-corrected chi connectivity index (χ4v) is 4.06. The Morgan fingerprint density at radius 3 is 2.21 bits per heavy atom. The molecule has 0 spiro atoms. The number of carboxylic acids is 1. The lowest BCUT2D eigenvalue weighted by Crippen LogP contribution is -2.45. The zero-order valence-electron chi connectivity index (χ0n) is 22.3. The Morgan fingerprint density at radius 2 is 1.61 bits per heavy atom. The number of hydrogen-bond acceptors (Lipinski definition) is 5. The summed E-state index contributed by atoms with van der Waals surface area (Å²) < 4.78 is 16.9. The number of aliphatic carboxylic acids is 1. The van der Waals surface area contributed by atoms with Crippen LogP contribution in [-0.2, 0) is 16.0 Å². The Balaban J connectivity index is 1.84. The molecule has 210 valence electrons. The predicted molar refractivity (Wildman–Crippen MR) is 150 cm³/mol. The molecule has 0 radical (unpaired) electrons. The number of nitrogens with one attached hydrogen (secondary N) is 1. The third kappa shape index (κ3) is 11.8. The molecule has 0 aliphatic rings. The van der Waals surface area contributed by atoms with Crippen molar-refractivity contribution < 1.29 is 28.9 Å². The van der Waals surface area contributed by atoms with E-state index in [4.69, 9.17) is 37.4 Å². The lowest BCUT2D eigenvalue weighted by Gasteiger charge is -2.25. The van der Waals surface area contributed by atoms with Crippen molar-refractivity contribution in [2.45, 2.75) is 58.6 Å². The molecule has 0 aliphatic carbocycles. The number of carboxylic acid groups (broad SMARTS) is 1. The van der Waals surface area contributed by atoms with Crippen LogP contribution in [0.15, 0.2) is 42.5 Å². The van der Waals surface area contributed by atoms with Crippen molar-refractivity contribution in [2.24, 2.45) is 0 Å². The lowest BCUT2D eigenvalue weighted by atomic mass is 10.1. The van der Waals surface area contributed by atoms with Crippen LogP contribution in [-0.4, -0.2) is 67.1 Å². The number of amides is 2. The van der Waals surface area contributed by atoms with Crippen molar-refractivity contribution in [1.29, 1.82) is 0 Å². The Morgan fingerprint density at radius 1 is 0.947 bits per heavy atom. The topological polar surface area (TPSA) is 97.3 Å². The van der Waals surface area contributed by atoms with E-state index in [-0.39, 0.29) is 18.5 Å². The Labute approximate surface area is 235 Å². The number of halogens is 2. The number of unbranched alkanes of at least 4 members (excludes halogenated alkanes) is 1. The Bertz CT molecular complexity index is 985. The van der Waals surface area contributed by atoms with E-state index in [1.165, 1.54) is 0 Å². The molecule has 10 heteroatoms.